The Kier molecular flexibility index (Phi) is 8.35. The summed E-state index contributed by atoms with van der Waals surface area (Å²) in [6.07, 6.45) is 5.13. The number of anilines is 1. The van der Waals surface area contributed by atoms with Crippen LogP contribution in [-0.2, 0) is 17.7 Å². The van der Waals surface area contributed by atoms with E-state index in [2.05, 4.69) is 32.4 Å². The lowest BCUT2D eigenvalue weighted by atomic mass is 9.98. The van der Waals surface area contributed by atoms with Gasteiger partial charge in [0.05, 0.1) is 6.20 Å². The average molecular weight is 556 g/mol. The molecule has 1 fully saturated rings. The van der Waals surface area contributed by atoms with Gasteiger partial charge in [-0.15, -0.1) is 5.10 Å². The lowest BCUT2D eigenvalue weighted by Gasteiger charge is -2.26. The van der Waals surface area contributed by atoms with Gasteiger partial charge in [-0.3, -0.25) is 15.0 Å². The van der Waals surface area contributed by atoms with E-state index in [1.54, 1.807) is 39.1 Å². The monoisotopic (exact) mass is 555 g/mol. The molecule has 214 valence electrons. The highest BCUT2D eigenvalue weighted by Gasteiger charge is 2.18. The van der Waals surface area contributed by atoms with Crippen LogP contribution >= 0.6 is 0 Å². The molecule has 0 radical (unpaired) electrons. The first-order chi connectivity index (χ1) is 19.6. The summed E-state index contributed by atoms with van der Waals surface area (Å²) in [7, 11) is 0. The molecule has 9 heteroatoms. The summed E-state index contributed by atoms with van der Waals surface area (Å²) in [5, 5.41) is 7.07. The third-order valence-corrected chi connectivity index (χ3v) is 6.95. The van der Waals surface area contributed by atoms with Crippen LogP contribution in [0.15, 0.2) is 60.8 Å². The highest BCUT2D eigenvalue weighted by atomic mass is 16.6. The number of aromatic nitrogens is 3. The van der Waals surface area contributed by atoms with E-state index in [-0.39, 0.29) is 12.2 Å². The highest BCUT2D eigenvalue weighted by molar-refractivity contribution is 5.97. The number of nitrogens with one attached hydrogen (secondary N) is 1. The molecule has 0 atom stereocenters. The van der Waals surface area contributed by atoms with E-state index in [9.17, 15) is 9.59 Å². The first-order valence-corrected chi connectivity index (χ1v) is 14.1. The molecule has 3 heterocycles. The summed E-state index contributed by atoms with van der Waals surface area (Å²) in [6.45, 7) is 10.6. The molecule has 2 aromatic carbocycles. The maximum atomic E-state index is 13.1. The van der Waals surface area contributed by atoms with Crippen molar-refractivity contribution in [2.24, 2.45) is 0 Å². The number of ketones is 1. The minimum Gasteiger partial charge on any atom is -0.444 e. The number of benzene rings is 2. The van der Waals surface area contributed by atoms with Crippen LogP contribution in [0.4, 0.5) is 10.6 Å². The molecule has 0 bridgehead atoms. The number of rotatable bonds is 8. The van der Waals surface area contributed by atoms with Crippen molar-refractivity contribution in [2.45, 2.75) is 65.5 Å². The van der Waals surface area contributed by atoms with Crippen molar-refractivity contribution < 1.29 is 19.1 Å². The largest absolute Gasteiger partial charge is 0.444 e. The second-order valence-electron chi connectivity index (χ2n) is 11.6. The standard InChI is InChI=1S/C32H37N5O4/c1-22-8-13-26(40-30-15-14-29-33-28(21-37(29)35-30)34-31(39)41-32(2,3)4)18-25(22)19-27(38)24-11-9-23(10-12-24)20-36-16-6-5-7-17-36/h8-15,18,21H,5-7,16-17,19-20H2,1-4H3,(H,34,39). The molecule has 1 aliphatic rings. The van der Waals surface area contributed by atoms with Crippen LogP contribution in [0.2, 0.25) is 0 Å². The van der Waals surface area contributed by atoms with Crippen LogP contribution < -0.4 is 10.1 Å². The number of carbonyl (C=O) groups is 2. The average Bonchev–Trinajstić information content (AvgIpc) is 3.31. The molecular formula is C32H37N5O4. The van der Waals surface area contributed by atoms with Gasteiger partial charge in [0, 0.05) is 24.6 Å². The third-order valence-electron chi connectivity index (χ3n) is 6.95. The summed E-state index contributed by atoms with van der Waals surface area (Å²) in [5.41, 5.74) is 3.80. The minimum absolute atomic E-state index is 0.0674. The Morgan fingerprint density at radius 2 is 1.73 bits per heavy atom. The summed E-state index contributed by atoms with van der Waals surface area (Å²) in [5.74, 6) is 1.32. The van der Waals surface area contributed by atoms with Gasteiger partial charge in [0.25, 0.3) is 0 Å². The van der Waals surface area contributed by atoms with Crippen molar-refractivity contribution >= 4 is 23.3 Å². The topological polar surface area (TPSA) is 98.1 Å². The fourth-order valence-electron chi connectivity index (χ4n) is 4.86. The summed E-state index contributed by atoms with van der Waals surface area (Å²) < 4.78 is 12.8. The smallest absolute Gasteiger partial charge is 0.413 e. The van der Waals surface area contributed by atoms with Crippen LogP contribution in [0, 0.1) is 6.92 Å². The zero-order valence-corrected chi connectivity index (χ0v) is 24.1. The van der Waals surface area contributed by atoms with Crippen LogP contribution in [0.5, 0.6) is 11.6 Å². The molecule has 1 N–H and O–H groups in total. The predicted octanol–water partition coefficient (Wildman–Crippen LogP) is 6.59. The predicted molar refractivity (Wildman–Crippen MR) is 158 cm³/mol. The molecule has 1 amide bonds. The van der Waals surface area contributed by atoms with E-state index in [0.29, 0.717) is 28.7 Å². The number of carbonyl (C=O) groups excluding carboxylic acids is 2. The van der Waals surface area contributed by atoms with Gasteiger partial charge < -0.3 is 9.47 Å². The number of hydrogen-bond acceptors (Lipinski definition) is 7. The summed E-state index contributed by atoms with van der Waals surface area (Å²) >= 11 is 0. The van der Waals surface area contributed by atoms with Crippen LogP contribution in [0.3, 0.4) is 0 Å². The fraction of sp³-hybridized carbons (Fsp3) is 0.375. The molecule has 1 aliphatic heterocycles. The van der Waals surface area contributed by atoms with Crippen molar-refractivity contribution in [3.8, 4) is 11.6 Å². The van der Waals surface area contributed by atoms with Gasteiger partial charge in [-0.25, -0.2) is 14.3 Å². The Labute approximate surface area is 240 Å². The minimum atomic E-state index is -0.614. The number of amides is 1. The normalized spacial score (nSPS) is 14.1. The zero-order valence-electron chi connectivity index (χ0n) is 24.1. The third kappa shape index (κ3) is 7.70. The van der Waals surface area contributed by atoms with Gasteiger partial charge in [0.2, 0.25) is 5.88 Å². The lowest BCUT2D eigenvalue weighted by Crippen LogP contribution is -2.29. The molecule has 2 aromatic heterocycles. The molecule has 1 saturated heterocycles. The number of ether oxygens (including phenoxy) is 2. The number of likely N-dealkylation sites (tertiary alicyclic amines) is 1. The second-order valence-corrected chi connectivity index (χ2v) is 11.6. The van der Waals surface area contributed by atoms with Crippen molar-refractivity contribution in [1.29, 1.82) is 0 Å². The number of aryl methyl sites for hydroxylation is 1. The van der Waals surface area contributed by atoms with Gasteiger partial charge in [0.15, 0.2) is 17.2 Å². The molecule has 0 unspecified atom stereocenters. The van der Waals surface area contributed by atoms with E-state index in [1.807, 2.05) is 37.3 Å². The van der Waals surface area contributed by atoms with Crippen molar-refractivity contribution in [2.75, 3.05) is 18.4 Å². The van der Waals surface area contributed by atoms with E-state index in [4.69, 9.17) is 9.47 Å². The zero-order chi connectivity index (χ0) is 29.0. The van der Waals surface area contributed by atoms with E-state index < -0.39 is 11.7 Å². The number of Topliss-reactive ketones (excluding diaryl/α,β-unsaturated/α-hetero) is 1. The summed E-state index contributed by atoms with van der Waals surface area (Å²) in [4.78, 5) is 32.0. The highest BCUT2D eigenvalue weighted by Crippen LogP contribution is 2.25. The molecule has 4 aromatic rings. The molecule has 5 rings (SSSR count). The lowest BCUT2D eigenvalue weighted by molar-refractivity contribution is 0.0635. The molecule has 0 spiro atoms. The molecular weight excluding hydrogens is 518 g/mol. The molecule has 41 heavy (non-hydrogen) atoms. The Morgan fingerprint density at radius 3 is 2.46 bits per heavy atom. The quantitative estimate of drug-likeness (QED) is 0.245. The first-order valence-electron chi connectivity index (χ1n) is 14.1. The Hall–Kier alpha value is -4.24. The number of fused-ring (bicyclic) bond motifs is 1. The SMILES string of the molecule is Cc1ccc(Oc2ccc3nc(NC(=O)OC(C)(C)C)cn3n2)cc1CC(=O)c1ccc(CN2CCCCC2)cc1. The Morgan fingerprint density at radius 1 is 0.976 bits per heavy atom. The second kappa shape index (κ2) is 12.1. The van der Waals surface area contributed by atoms with Crippen molar-refractivity contribution in [3.05, 3.63) is 83.0 Å². The van der Waals surface area contributed by atoms with Gasteiger partial charge in [-0.1, -0.05) is 36.8 Å². The fourth-order valence-corrected chi connectivity index (χ4v) is 4.86. The van der Waals surface area contributed by atoms with Gasteiger partial charge in [0.1, 0.15) is 11.4 Å². The van der Waals surface area contributed by atoms with E-state index in [0.717, 1.165) is 30.8 Å². The molecule has 0 saturated carbocycles. The van der Waals surface area contributed by atoms with Crippen molar-refractivity contribution in [3.63, 3.8) is 0 Å². The maximum Gasteiger partial charge on any atom is 0.413 e. The number of imidazole rings is 1. The Bertz CT molecular complexity index is 1530. The first kappa shape index (κ1) is 28.3. The molecule has 9 nitrogen and oxygen atoms in total. The summed E-state index contributed by atoms with van der Waals surface area (Å²) in [6, 6.07) is 17.1. The number of nitrogens with zero attached hydrogens (tertiary/aromatic N) is 4. The van der Waals surface area contributed by atoms with Gasteiger partial charge >= 0.3 is 6.09 Å². The van der Waals surface area contributed by atoms with Gasteiger partial charge in [-0.05, 0) is 88.5 Å². The van der Waals surface area contributed by atoms with Gasteiger partial charge in [-0.2, -0.15) is 0 Å². The Balaban J connectivity index is 1.22. The van der Waals surface area contributed by atoms with Crippen LogP contribution in [0.1, 0.15) is 67.1 Å². The van der Waals surface area contributed by atoms with Crippen molar-refractivity contribution in [1.82, 2.24) is 19.5 Å². The number of hydrogen-bond donors (Lipinski definition) is 1. The number of piperidine rings is 1. The van der Waals surface area contributed by atoms with Crippen LogP contribution in [0.25, 0.3) is 5.65 Å². The maximum absolute atomic E-state index is 13.1. The molecule has 0 aliphatic carbocycles. The van der Waals surface area contributed by atoms with E-state index >= 15 is 0 Å². The van der Waals surface area contributed by atoms with Crippen LogP contribution in [-0.4, -0.2) is 50.1 Å². The van der Waals surface area contributed by atoms with E-state index in [1.165, 1.54) is 29.3 Å².